The van der Waals surface area contributed by atoms with Crippen molar-refractivity contribution in [3.05, 3.63) is 75.9 Å². The molecule has 0 N–H and O–H groups in total. The number of piperidine rings is 1. The van der Waals surface area contributed by atoms with Crippen LogP contribution >= 0.6 is 15.9 Å². The van der Waals surface area contributed by atoms with Gasteiger partial charge in [0, 0.05) is 22.1 Å². The van der Waals surface area contributed by atoms with E-state index in [1.165, 1.54) is 24.0 Å². The maximum Gasteiger partial charge on any atom is 0.171 e. The summed E-state index contributed by atoms with van der Waals surface area (Å²) in [5.41, 5.74) is 4.77. The lowest BCUT2D eigenvalue weighted by atomic mass is 9.89. The molecule has 0 amide bonds. The van der Waals surface area contributed by atoms with Gasteiger partial charge in [0.15, 0.2) is 5.76 Å². The molecule has 2 heterocycles. The first-order valence-corrected chi connectivity index (χ1v) is 9.98. The smallest absolute Gasteiger partial charge is 0.171 e. The third kappa shape index (κ3) is 3.76. The van der Waals surface area contributed by atoms with Gasteiger partial charge in [-0.05, 0) is 56.5 Å². The highest BCUT2D eigenvalue weighted by molar-refractivity contribution is 9.10. The lowest BCUT2D eigenvalue weighted by molar-refractivity contribution is 0.204. The van der Waals surface area contributed by atoms with Crippen LogP contribution in [0.4, 0.5) is 0 Å². The maximum absolute atomic E-state index is 5.66. The Labute approximate surface area is 163 Å². The Bertz CT molecular complexity index is 850. The summed E-state index contributed by atoms with van der Waals surface area (Å²) in [5, 5.41) is 4.23. The molecule has 0 aliphatic carbocycles. The zero-order valence-corrected chi connectivity index (χ0v) is 16.6. The molecule has 0 spiro atoms. The highest BCUT2D eigenvalue weighted by Crippen LogP contribution is 2.32. The first-order chi connectivity index (χ1) is 12.7. The zero-order chi connectivity index (χ0) is 17.9. The second-order valence-electron chi connectivity index (χ2n) is 7.04. The van der Waals surface area contributed by atoms with Crippen LogP contribution in [0.3, 0.4) is 0 Å². The number of benzene rings is 2. The Hall–Kier alpha value is -1.91. The van der Waals surface area contributed by atoms with Gasteiger partial charge in [-0.15, -0.1) is 0 Å². The Morgan fingerprint density at radius 1 is 1.04 bits per heavy atom. The normalized spacial score (nSPS) is 16.1. The lowest BCUT2D eigenvalue weighted by Crippen LogP contribution is -2.32. The summed E-state index contributed by atoms with van der Waals surface area (Å²) in [6.45, 7) is 5.17. The van der Waals surface area contributed by atoms with Crippen molar-refractivity contribution >= 4 is 15.9 Å². The third-order valence-corrected chi connectivity index (χ3v) is 5.86. The number of hydrogen-bond acceptors (Lipinski definition) is 3. The number of halogens is 1. The average Bonchev–Trinajstić information content (AvgIpc) is 3.04. The highest BCUT2D eigenvalue weighted by Gasteiger charge is 2.23. The van der Waals surface area contributed by atoms with Gasteiger partial charge in [0.2, 0.25) is 0 Å². The van der Waals surface area contributed by atoms with E-state index in [1.54, 1.807) is 0 Å². The Morgan fingerprint density at radius 2 is 1.73 bits per heavy atom. The molecule has 1 aromatic heterocycles. The molecule has 0 radical (unpaired) electrons. The predicted octanol–water partition coefficient (Wildman–Crippen LogP) is 5.79. The van der Waals surface area contributed by atoms with E-state index in [0.29, 0.717) is 5.92 Å². The van der Waals surface area contributed by atoms with Crippen LogP contribution in [-0.4, -0.2) is 23.1 Å². The van der Waals surface area contributed by atoms with Crippen molar-refractivity contribution in [3.8, 4) is 11.3 Å². The monoisotopic (exact) mass is 410 g/mol. The second-order valence-corrected chi connectivity index (χ2v) is 7.96. The molecule has 0 atom stereocenters. The van der Waals surface area contributed by atoms with Gasteiger partial charge < -0.3 is 4.52 Å². The molecule has 0 unspecified atom stereocenters. The number of nitrogens with zero attached hydrogens (tertiary/aromatic N) is 2. The van der Waals surface area contributed by atoms with Crippen molar-refractivity contribution in [1.29, 1.82) is 0 Å². The largest absolute Gasteiger partial charge is 0.356 e. The molecule has 1 fully saturated rings. The minimum Gasteiger partial charge on any atom is -0.356 e. The average molecular weight is 411 g/mol. The summed E-state index contributed by atoms with van der Waals surface area (Å²) >= 11 is 3.49. The van der Waals surface area contributed by atoms with Crippen molar-refractivity contribution < 1.29 is 4.52 Å². The van der Waals surface area contributed by atoms with Gasteiger partial charge in [-0.1, -0.05) is 63.6 Å². The molecule has 26 heavy (non-hydrogen) atoms. The van der Waals surface area contributed by atoms with E-state index in [1.807, 2.05) is 19.1 Å². The molecule has 0 bridgehead atoms. The van der Waals surface area contributed by atoms with Crippen LogP contribution < -0.4 is 0 Å². The van der Waals surface area contributed by atoms with Crippen molar-refractivity contribution in [1.82, 2.24) is 10.1 Å². The summed E-state index contributed by atoms with van der Waals surface area (Å²) in [7, 11) is 0. The van der Waals surface area contributed by atoms with E-state index in [-0.39, 0.29) is 0 Å². The van der Waals surface area contributed by atoms with Crippen LogP contribution in [0.1, 0.15) is 35.6 Å². The third-order valence-electron chi connectivity index (χ3n) is 5.33. The van der Waals surface area contributed by atoms with Crippen molar-refractivity contribution in [2.45, 2.75) is 32.2 Å². The van der Waals surface area contributed by atoms with Crippen LogP contribution in [0, 0.1) is 6.92 Å². The van der Waals surface area contributed by atoms with E-state index >= 15 is 0 Å². The summed E-state index contributed by atoms with van der Waals surface area (Å²) in [4.78, 5) is 2.53. The van der Waals surface area contributed by atoms with Gasteiger partial charge in [0.25, 0.3) is 0 Å². The van der Waals surface area contributed by atoms with Crippen LogP contribution in [0.25, 0.3) is 11.3 Å². The molecule has 0 saturated carbocycles. The summed E-state index contributed by atoms with van der Waals surface area (Å²) in [6, 6.07) is 19.2. The van der Waals surface area contributed by atoms with Gasteiger partial charge in [-0.25, -0.2) is 0 Å². The van der Waals surface area contributed by atoms with E-state index in [9.17, 15) is 0 Å². The second kappa shape index (κ2) is 7.77. The molecule has 4 rings (SSSR count). The van der Waals surface area contributed by atoms with Crippen LogP contribution in [-0.2, 0) is 6.54 Å². The fourth-order valence-corrected chi connectivity index (χ4v) is 4.04. The van der Waals surface area contributed by atoms with Crippen LogP contribution in [0.2, 0.25) is 0 Å². The van der Waals surface area contributed by atoms with Crippen LogP contribution in [0.5, 0.6) is 0 Å². The minimum absolute atomic E-state index is 0.682. The summed E-state index contributed by atoms with van der Waals surface area (Å²) in [5.74, 6) is 1.59. The molecule has 2 aromatic carbocycles. The van der Waals surface area contributed by atoms with E-state index in [2.05, 4.69) is 68.5 Å². The molecule has 3 aromatic rings. The number of aromatic nitrogens is 1. The van der Waals surface area contributed by atoms with Gasteiger partial charge in [0.05, 0.1) is 5.69 Å². The van der Waals surface area contributed by atoms with Gasteiger partial charge >= 0.3 is 0 Å². The molecule has 1 aliphatic rings. The fourth-order valence-electron chi connectivity index (χ4n) is 3.78. The van der Waals surface area contributed by atoms with Gasteiger partial charge in [-0.2, -0.15) is 0 Å². The fraction of sp³-hybridized carbons (Fsp3) is 0.318. The van der Waals surface area contributed by atoms with Gasteiger partial charge in [0.1, 0.15) is 0 Å². The molecular formula is C22H23BrN2O. The van der Waals surface area contributed by atoms with E-state index in [0.717, 1.165) is 41.1 Å². The van der Waals surface area contributed by atoms with Crippen LogP contribution in [0.15, 0.2) is 63.6 Å². The predicted molar refractivity (Wildman–Crippen MR) is 108 cm³/mol. The number of rotatable bonds is 4. The van der Waals surface area contributed by atoms with Crippen molar-refractivity contribution in [3.63, 3.8) is 0 Å². The van der Waals surface area contributed by atoms with Gasteiger partial charge in [-0.3, -0.25) is 4.90 Å². The Morgan fingerprint density at radius 3 is 2.42 bits per heavy atom. The van der Waals surface area contributed by atoms with E-state index in [4.69, 9.17) is 4.52 Å². The molecule has 1 saturated heterocycles. The molecule has 134 valence electrons. The zero-order valence-electron chi connectivity index (χ0n) is 15.0. The van der Waals surface area contributed by atoms with Crippen molar-refractivity contribution in [2.24, 2.45) is 0 Å². The molecular weight excluding hydrogens is 388 g/mol. The first-order valence-electron chi connectivity index (χ1n) is 9.19. The maximum atomic E-state index is 5.66. The first kappa shape index (κ1) is 17.5. The Balaban J connectivity index is 1.46. The molecule has 4 heteroatoms. The quantitative estimate of drug-likeness (QED) is 0.544. The summed E-state index contributed by atoms with van der Waals surface area (Å²) < 4.78 is 6.73. The van der Waals surface area contributed by atoms with Crippen molar-refractivity contribution in [2.75, 3.05) is 13.1 Å². The molecule has 1 aliphatic heterocycles. The minimum atomic E-state index is 0.682. The Kier molecular flexibility index (Phi) is 5.23. The van der Waals surface area contributed by atoms with E-state index < -0.39 is 0 Å². The summed E-state index contributed by atoms with van der Waals surface area (Å²) in [6.07, 6.45) is 2.42. The number of likely N-dealkylation sites (tertiary alicyclic amines) is 1. The SMILES string of the molecule is Cc1noc(-c2ccc(Br)cc2)c1CN1CCC(c2ccccc2)CC1. The topological polar surface area (TPSA) is 29.3 Å². The highest BCUT2D eigenvalue weighted by atomic mass is 79.9. The number of aryl methyl sites for hydroxylation is 1. The lowest BCUT2D eigenvalue weighted by Gasteiger charge is -2.32. The standard InChI is InChI=1S/C22H23BrN2O/c1-16-21(22(26-24-16)19-7-9-20(23)10-8-19)15-25-13-11-18(12-14-25)17-5-3-2-4-6-17/h2-10,18H,11-15H2,1H3. The molecule has 3 nitrogen and oxygen atoms in total. The number of hydrogen-bond donors (Lipinski definition) is 0.